The van der Waals surface area contributed by atoms with E-state index in [0.717, 1.165) is 5.75 Å². The van der Waals surface area contributed by atoms with Crippen molar-refractivity contribution in [3.63, 3.8) is 0 Å². The molecule has 0 aliphatic heterocycles. The topological polar surface area (TPSA) is 80.4 Å². The molecule has 3 N–H and O–H groups in total. The van der Waals surface area contributed by atoms with Crippen molar-refractivity contribution in [2.24, 2.45) is 14.1 Å². The van der Waals surface area contributed by atoms with Gasteiger partial charge in [-0.2, -0.15) is 0 Å². The molecule has 26 heavy (non-hydrogen) atoms. The zero-order valence-corrected chi connectivity index (χ0v) is 16.2. The Labute approximate surface area is 158 Å². The molecule has 0 aliphatic rings. The minimum Gasteiger partial charge on any atom is -0.491 e. The molecule has 1 aromatic carbocycles. The first kappa shape index (κ1) is 20.2. The number of aliphatic hydroxyl groups excluding tert-OH is 1. The standard InChI is InChI=1S/C18H26N4O3S/c1-13-16(21(2)18(26)22(3)17(13)24)20-10-9-19-11-14(23)12-25-15-7-5-4-6-8-15/h4-8,14,19-20,23H,9-12H2,1-3H3. The Hall–Kier alpha value is -2.16. The van der Waals surface area contributed by atoms with Crippen molar-refractivity contribution in [3.05, 3.63) is 51.0 Å². The van der Waals surface area contributed by atoms with Gasteiger partial charge in [0, 0.05) is 33.7 Å². The van der Waals surface area contributed by atoms with Gasteiger partial charge in [0.25, 0.3) is 5.56 Å². The molecule has 1 atom stereocenters. The highest BCUT2D eigenvalue weighted by atomic mass is 32.1. The fourth-order valence-corrected chi connectivity index (χ4v) is 2.74. The van der Waals surface area contributed by atoms with Crippen LogP contribution in [0.3, 0.4) is 0 Å². The molecule has 0 amide bonds. The van der Waals surface area contributed by atoms with Crippen LogP contribution in [0.15, 0.2) is 35.1 Å². The Balaban J connectivity index is 1.74. The van der Waals surface area contributed by atoms with Gasteiger partial charge in [0.1, 0.15) is 24.3 Å². The minimum atomic E-state index is -0.601. The molecule has 2 aromatic rings. The van der Waals surface area contributed by atoms with Gasteiger partial charge in [0.2, 0.25) is 0 Å². The lowest BCUT2D eigenvalue weighted by Crippen LogP contribution is -2.34. The number of hydrogen-bond donors (Lipinski definition) is 3. The van der Waals surface area contributed by atoms with Crippen molar-refractivity contribution in [2.75, 3.05) is 31.6 Å². The Morgan fingerprint density at radius 3 is 2.58 bits per heavy atom. The fourth-order valence-electron chi connectivity index (χ4n) is 2.57. The summed E-state index contributed by atoms with van der Waals surface area (Å²) in [5, 5.41) is 16.3. The maximum atomic E-state index is 12.1. The van der Waals surface area contributed by atoms with Crippen LogP contribution in [-0.2, 0) is 14.1 Å². The van der Waals surface area contributed by atoms with Crippen LogP contribution in [0.4, 0.5) is 5.82 Å². The van der Waals surface area contributed by atoms with Crippen LogP contribution >= 0.6 is 12.2 Å². The molecule has 1 unspecified atom stereocenters. The number of ether oxygens (including phenoxy) is 1. The zero-order valence-electron chi connectivity index (χ0n) is 15.4. The largest absolute Gasteiger partial charge is 0.491 e. The van der Waals surface area contributed by atoms with Gasteiger partial charge in [-0.25, -0.2) is 0 Å². The van der Waals surface area contributed by atoms with Crippen molar-refractivity contribution in [3.8, 4) is 5.75 Å². The van der Waals surface area contributed by atoms with E-state index in [4.69, 9.17) is 17.0 Å². The number of benzene rings is 1. The second-order valence-electron chi connectivity index (χ2n) is 6.09. The summed E-state index contributed by atoms with van der Waals surface area (Å²) < 4.78 is 9.21. The second-order valence-corrected chi connectivity index (χ2v) is 6.45. The van der Waals surface area contributed by atoms with Crippen molar-refractivity contribution in [1.29, 1.82) is 0 Å². The van der Waals surface area contributed by atoms with Crippen LogP contribution < -0.4 is 20.9 Å². The van der Waals surface area contributed by atoms with Crippen molar-refractivity contribution in [1.82, 2.24) is 14.5 Å². The zero-order chi connectivity index (χ0) is 19.1. The highest BCUT2D eigenvalue weighted by Gasteiger charge is 2.09. The monoisotopic (exact) mass is 378 g/mol. The molecule has 0 fully saturated rings. The molecule has 142 valence electrons. The Morgan fingerprint density at radius 1 is 1.19 bits per heavy atom. The average Bonchev–Trinajstić information content (AvgIpc) is 2.66. The summed E-state index contributed by atoms with van der Waals surface area (Å²) in [4.78, 5) is 12.1. The number of hydrogen-bond acceptors (Lipinski definition) is 6. The number of aliphatic hydroxyl groups is 1. The summed E-state index contributed by atoms with van der Waals surface area (Å²) in [6.45, 7) is 3.65. The summed E-state index contributed by atoms with van der Waals surface area (Å²) >= 11 is 5.26. The minimum absolute atomic E-state index is 0.1000. The fraction of sp³-hybridized carbons (Fsp3) is 0.444. The Morgan fingerprint density at radius 2 is 1.88 bits per heavy atom. The van der Waals surface area contributed by atoms with E-state index in [9.17, 15) is 9.90 Å². The first-order valence-corrected chi connectivity index (χ1v) is 8.89. The van der Waals surface area contributed by atoms with Gasteiger partial charge in [-0.15, -0.1) is 0 Å². The summed E-state index contributed by atoms with van der Waals surface area (Å²) in [6, 6.07) is 9.39. The quantitative estimate of drug-likeness (QED) is 0.450. The molecule has 1 aromatic heterocycles. The number of nitrogens with one attached hydrogen (secondary N) is 2. The predicted molar refractivity (Wildman–Crippen MR) is 106 cm³/mol. The van der Waals surface area contributed by atoms with Gasteiger partial charge in [-0.1, -0.05) is 18.2 Å². The van der Waals surface area contributed by atoms with Crippen LogP contribution in [-0.4, -0.2) is 46.6 Å². The molecule has 0 bridgehead atoms. The first-order valence-electron chi connectivity index (χ1n) is 8.49. The van der Waals surface area contributed by atoms with E-state index in [1.165, 1.54) is 4.57 Å². The van der Waals surface area contributed by atoms with Crippen molar-refractivity contribution in [2.45, 2.75) is 13.0 Å². The lowest BCUT2D eigenvalue weighted by Gasteiger charge is -2.17. The van der Waals surface area contributed by atoms with Crippen LogP contribution in [0.2, 0.25) is 0 Å². The molecule has 8 heteroatoms. The SMILES string of the molecule is Cc1c(NCCNCC(O)COc2ccccc2)n(C)c(=S)n(C)c1=O. The summed E-state index contributed by atoms with van der Waals surface area (Å²) in [5.74, 6) is 1.45. The number of nitrogens with zero attached hydrogens (tertiary/aromatic N) is 2. The third-order valence-electron chi connectivity index (χ3n) is 4.05. The van der Waals surface area contributed by atoms with E-state index in [1.54, 1.807) is 18.5 Å². The van der Waals surface area contributed by atoms with Gasteiger partial charge in [0.05, 0.1) is 5.56 Å². The van der Waals surface area contributed by atoms with Gasteiger partial charge in [0.15, 0.2) is 4.77 Å². The highest BCUT2D eigenvalue weighted by molar-refractivity contribution is 7.71. The normalized spacial score (nSPS) is 12.0. The molecule has 0 saturated carbocycles. The van der Waals surface area contributed by atoms with E-state index >= 15 is 0 Å². The van der Waals surface area contributed by atoms with Crippen molar-refractivity contribution >= 4 is 18.0 Å². The first-order chi connectivity index (χ1) is 12.4. The Kier molecular flexibility index (Phi) is 7.38. The average molecular weight is 378 g/mol. The maximum absolute atomic E-state index is 12.1. The third kappa shape index (κ3) is 5.17. The van der Waals surface area contributed by atoms with E-state index in [0.29, 0.717) is 35.8 Å². The van der Waals surface area contributed by atoms with Crippen LogP contribution in [0, 0.1) is 11.7 Å². The van der Waals surface area contributed by atoms with Crippen molar-refractivity contribution < 1.29 is 9.84 Å². The molecule has 0 aliphatic carbocycles. The molecule has 0 radical (unpaired) electrons. The molecule has 1 heterocycles. The molecule has 0 spiro atoms. The maximum Gasteiger partial charge on any atom is 0.259 e. The van der Waals surface area contributed by atoms with Crippen LogP contribution in [0.25, 0.3) is 0 Å². The smallest absolute Gasteiger partial charge is 0.259 e. The van der Waals surface area contributed by atoms with Gasteiger partial charge in [-0.3, -0.25) is 9.36 Å². The summed E-state index contributed by atoms with van der Waals surface area (Å²) in [7, 11) is 3.50. The van der Waals surface area contributed by atoms with Gasteiger partial charge >= 0.3 is 0 Å². The highest BCUT2D eigenvalue weighted by Crippen LogP contribution is 2.10. The molecule has 2 rings (SSSR count). The van der Waals surface area contributed by atoms with E-state index in [1.807, 2.05) is 37.4 Å². The second kappa shape index (κ2) is 9.51. The lowest BCUT2D eigenvalue weighted by molar-refractivity contribution is 0.107. The van der Waals surface area contributed by atoms with E-state index in [2.05, 4.69) is 10.6 Å². The molecule has 0 saturated heterocycles. The van der Waals surface area contributed by atoms with Crippen LogP contribution in [0.5, 0.6) is 5.75 Å². The third-order valence-corrected chi connectivity index (χ3v) is 4.60. The molecular weight excluding hydrogens is 352 g/mol. The number of para-hydroxylation sites is 1. The number of aromatic nitrogens is 2. The van der Waals surface area contributed by atoms with Gasteiger partial charge in [-0.05, 0) is 31.3 Å². The van der Waals surface area contributed by atoms with E-state index < -0.39 is 6.10 Å². The number of rotatable bonds is 9. The lowest BCUT2D eigenvalue weighted by atomic mass is 10.3. The number of anilines is 1. The van der Waals surface area contributed by atoms with Crippen LogP contribution in [0.1, 0.15) is 5.56 Å². The summed E-state index contributed by atoms with van der Waals surface area (Å²) in [5.41, 5.74) is 0.525. The molecular formula is C18H26N4O3S. The predicted octanol–water partition coefficient (Wildman–Crippen LogP) is 1.20. The summed E-state index contributed by atoms with van der Waals surface area (Å²) in [6.07, 6.45) is -0.601. The van der Waals surface area contributed by atoms with Gasteiger partial charge < -0.3 is 25.0 Å². The van der Waals surface area contributed by atoms with E-state index in [-0.39, 0.29) is 12.2 Å². The Bertz CT molecular complexity index is 796. The molecule has 7 nitrogen and oxygen atoms in total.